The average Bonchev–Trinajstić information content (AvgIpc) is 3.16. The van der Waals surface area contributed by atoms with E-state index in [0.29, 0.717) is 17.9 Å². The van der Waals surface area contributed by atoms with Crippen molar-refractivity contribution in [2.24, 2.45) is 10.9 Å². The summed E-state index contributed by atoms with van der Waals surface area (Å²) in [5.41, 5.74) is 1.28. The van der Waals surface area contributed by atoms with E-state index in [4.69, 9.17) is 4.74 Å². The normalized spacial score (nSPS) is 16.1. The highest BCUT2D eigenvalue weighted by Crippen LogP contribution is 2.17. The van der Waals surface area contributed by atoms with Crippen LogP contribution in [0, 0.1) is 5.92 Å². The number of halogens is 1. The van der Waals surface area contributed by atoms with Gasteiger partial charge in [-0.1, -0.05) is 39.8 Å². The molecular formula is C23H37IN6O. The number of rotatable bonds is 8. The van der Waals surface area contributed by atoms with Crippen LogP contribution >= 0.6 is 24.0 Å². The topological polar surface area (TPSA) is 76.4 Å². The number of nitrogens with zero attached hydrogens (tertiary/aromatic N) is 4. The number of hydrogen-bond donors (Lipinski definition) is 2. The minimum Gasteiger partial charge on any atom is -0.493 e. The van der Waals surface area contributed by atoms with Gasteiger partial charge in [-0.25, -0.2) is 9.67 Å². The first-order valence-corrected chi connectivity index (χ1v) is 11.1. The minimum atomic E-state index is 0. The molecule has 0 spiro atoms. The number of aromatic nitrogens is 3. The second kappa shape index (κ2) is 12.3. The largest absolute Gasteiger partial charge is 0.493 e. The molecular weight excluding hydrogens is 503 g/mol. The smallest absolute Gasteiger partial charge is 0.191 e. The summed E-state index contributed by atoms with van der Waals surface area (Å²) in [4.78, 5) is 9.05. The first kappa shape index (κ1) is 25.4. The molecule has 1 aromatic carbocycles. The highest BCUT2D eigenvalue weighted by Gasteiger charge is 2.23. The van der Waals surface area contributed by atoms with Gasteiger partial charge in [0, 0.05) is 32.0 Å². The van der Waals surface area contributed by atoms with E-state index in [1.54, 1.807) is 0 Å². The zero-order chi connectivity index (χ0) is 21.5. The van der Waals surface area contributed by atoms with Crippen molar-refractivity contribution in [1.29, 1.82) is 0 Å². The van der Waals surface area contributed by atoms with Crippen molar-refractivity contribution < 1.29 is 4.74 Å². The van der Waals surface area contributed by atoms with E-state index in [1.807, 2.05) is 23.9 Å². The van der Waals surface area contributed by atoms with Crippen molar-refractivity contribution in [3.8, 4) is 5.75 Å². The standard InChI is InChI=1S/C23H36N6O.HI/c1-16(2)15-30-20-9-6-18(7-10-20)12-13-25-23(24-5)26-19-8-11-21-27-22(17(3)4)28-29(21)14-19;/h6-7,9-10,16-17,19H,8,11-15H2,1-5H3,(H2,24,25,26);1H. The van der Waals surface area contributed by atoms with Gasteiger partial charge in [-0.05, 0) is 36.5 Å². The minimum absolute atomic E-state index is 0. The lowest BCUT2D eigenvalue weighted by molar-refractivity contribution is 0.271. The van der Waals surface area contributed by atoms with Gasteiger partial charge in [-0.3, -0.25) is 4.99 Å². The molecule has 1 unspecified atom stereocenters. The summed E-state index contributed by atoms with van der Waals surface area (Å²) in [6.45, 7) is 11.0. The molecule has 31 heavy (non-hydrogen) atoms. The molecule has 172 valence electrons. The third-order valence-corrected chi connectivity index (χ3v) is 5.17. The first-order valence-electron chi connectivity index (χ1n) is 11.1. The second-order valence-electron chi connectivity index (χ2n) is 8.70. The van der Waals surface area contributed by atoms with Gasteiger partial charge < -0.3 is 15.4 Å². The highest BCUT2D eigenvalue weighted by atomic mass is 127. The van der Waals surface area contributed by atoms with Gasteiger partial charge in [-0.2, -0.15) is 5.10 Å². The Bertz CT molecular complexity index is 831. The summed E-state index contributed by atoms with van der Waals surface area (Å²) in [7, 11) is 1.82. The third kappa shape index (κ3) is 7.66. The predicted molar refractivity (Wildman–Crippen MR) is 137 cm³/mol. The molecule has 0 fully saturated rings. The quantitative estimate of drug-likeness (QED) is 0.303. The fraction of sp³-hybridized carbons (Fsp3) is 0.609. The van der Waals surface area contributed by atoms with Crippen molar-refractivity contribution in [3.63, 3.8) is 0 Å². The molecule has 2 aromatic rings. The van der Waals surface area contributed by atoms with Gasteiger partial charge >= 0.3 is 0 Å². The van der Waals surface area contributed by atoms with Gasteiger partial charge in [0.05, 0.1) is 13.2 Å². The molecule has 0 bridgehead atoms. The van der Waals surface area contributed by atoms with Gasteiger partial charge in [0.15, 0.2) is 11.8 Å². The van der Waals surface area contributed by atoms with E-state index in [-0.39, 0.29) is 24.0 Å². The molecule has 0 saturated carbocycles. The lowest BCUT2D eigenvalue weighted by atomic mass is 10.1. The Kier molecular flexibility index (Phi) is 10.1. The molecule has 0 aliphatic carbocycles. The SMILES string of the molecule is CN=C(NCCc1ccc(OCC(C)C)cc1)NC1CCc2nc(C(C)C)nn2C1.I. The molecule has 1 aromatic heterocycles. The molecule has 1 aliphatic rings. The van der Waals surface area contributed by atoms with Gasteiger partial charge in [0.2, 0.25) is 0 Å². The van der Waals surface area contributed by atoms with Crippen LogP contribution in [0.2, 0.25) is 0 Å². The van der Waals surface area contributed by atoms with Crippen LogP contribution in [0.15, 0.2) is 29.3 Å². The Morgan fingerprint density at radius 2 is 1.97 bits per heavy atom. The van der Waals surface area contributed by atoms with Crippen molar-refractivity contribution in [1.82, 2.24) is 25.4 Å². The molecule has 8 heteroatoms. The Balaban J connectivity index is 0.00000341. The van der Waals surface area contributed by atoms with Gasteiger partial charge in [0.1, 0.15) is 11.6 Å². The average molecular weight is 540 g/mol. The van der Waals surface area contributed by atoms with Crippen LogP contribution in [-0.2, 0) is 19.4 Å². The predicted octanol–water partition coefficient (Wildman–Crippen LogP) is 3.78. The molecule has 0 radical (unpaired) electrons. The van der Waals surface area contributed by atoms with Crippen molar-refractivity contribution in [2.75, 3.05) is 20.2 Å². The second-order valence-corrected chi connectivity index (χ2v) is 8.70. The summed E-state index contributed by atoms with van der Waals surface area (Å²) >= 11 is 0. The summed E-state index contributed by atoms with van der Waals surface area (Å²) in [5.74, 6) is 4.70. The zero-order valence-electron chi connectivity index (χ0n) is 19.4. The van der Waals surface area contributed by atoms with Crippen LogP contribution in [0.25, 0.3) is 0 Å². The summed E-state index contributed by atoms with van der Waals surface area (Å²) in [5, 5.41) is 11.6. The molecule has 0 amide bonds. The maximum atomic E-state index is 5.75. The number of guanidine groups is 1. The monoisotopic (exact) mass is 540 g/mol. The lowest BCUT2D eigenvalue weighted by Crippen LogP contribution is -2.47. The lowest BCUT2D eigenvalue weighted by Gasteiger charge is -2.25. The molecule has 1 aliphatic heterocycles. The molecule has 3 rings (SSSR count). The van der Waals surface area contributed by atoms with Gasteiger partial charge in [0.25, 0.3) is 0 Å². The fourth-order valence-electron chi connectivity index (χ4n) is 3.42. The van der Waals surface area contributed by atoms with Crippen LogP contribution in [0.5, 0.6) is 5.75 Å². The van der Waals surface area contributed by atoms with Crippen LogP contribution in [0.3, 0.4) is 0 Å². The first-order chi connectivity index (χ1) is 14.4. The third-order valence-electron chi connectivity index (χ3n) is 5.17. The van der Waals surface area contributed by atoms with Crippen molar-refractivity contribution in [3.05, 3.63) is 41.5 Å². The van der Waals surface area contributed by atoms with Crippen molar-refractivity contribution >= 4 is 29.9 Å². The molecule has 0 saturated heterocycles. The molecule has 7 nitrogen and oxygen atoms in total. The van der Waals surface area contributed by atoms with E-state index >= 15 is 0 Å². The number of aliphatic imine (C=N–C) groups is 1. The van der Waals surface area contributed by atoms with Crippen molar-refractivity contribution in [2.45, 2.75) is 65.5 Å². The van der Waals surface area contributed by atoms with Crippen LogP contribution in [0.1, 0.15) is 57.2 Å². The highest BCUT2D eigenvalue weighted by molar-refractivity contribution is 14.0. The summed E-state index contributed by atoms with van der Waals surface area (Å²) in [6.07, 6.45) is 2.91. The Labute approximate surface area is 203 Å². The van der Waals surface area contributed by atoms with E-state index in [9.17, 15) is 0 Å². The van der Waals surface area contributed by atoms with Crippen LogP contribution < -0.4 is 15.4 Å². The number of ether oxygens (including phenoxy) is 1. The van der Waals surface area contributed by atoms with Gasteiger partial charge in [-0.15, -0.1) is 24.0 Å². The summed E-state index contributed by atoms with van der Waals surface area (Å²) < 4.78 is 7.80. The van der Waals surface area contributed by atoms with E-state index in [2.05, 4.69) is 65.5 Å². The maximum Gasteiger partial charge on any atom is 0.191 e. The molecule has 2 N–H and O–H groups in total. The molecule has 2 heterocycles. The summed E-state index contributed by atoms with van der Waals surface area (Å²) in [6, 6.07) is 8.67. The zero-order valence-corrected chi connectivity index (χ0v) is 21.7. The van der Waals surface area contributed by atoms with Crippen LogP contribution in [-0.4, -0.2) is 47.0 Å². The Hall–Kier alpha value is -1.84. The Morgan fingerprint density at radius 1 is 1.23 bits per heavy atom. The number of nitrogens with one attached hydrogen (secondary N) is 2. The van der Waals surface area contributed by atoms with Crippen LogP contribution in [0.4, 0.5) is 0 Å². The van der Waals surface area contributed by atoms with E-state index in [0.717, 1.165) is 62.3 Å². The number of hydrogen-bond acceptors (Lipinski definition) is 4. The molecule has 1 atom stereocenters. The number of benzene rings is 1. The van der Waals surface area contributed by atoms with E-state index in [1.165, 1.54) is 5.56 Å². The number of fused-ring (bicyclic) bond motifs is 1. The Morgan fingerprint density at radius 3 is 2.61 bits per heavy atom. The number of aryl methyl sites for hydroxylation is 1. The van der Waals surface area contributed by atoms with E-state index < -0.39 is 0 Å². The maximum absolute atomic E-state index is 5.75. The fourth-order valence-corrected chi connectivity index (χ4v) is 3.42.